The SMILES string of the molecule is COc1cccc(C(=O)NC2CCC3CCC2N3Cc2ccccc2)c1OC.O. The highest BCUT2D eigenvalue weighted by atomic mass is 16.5. The lowest BCUT2D eigenvalue weighted by atomic mass is 9.96. The summed E-state index contributed by atoms with van der Waals surface area (Å²) in [5.74, 6) is 0.972. The minimum Gasteiger partial charge on any atom is -0.493 e. The molecule has 2 heterocycles. The molecule has 0 spiro atoms. The zero-order valence-corrected chi connectivity index (χ0v) is 17.1. The minimum absolute atomic E-state index is 0. The number of piperidine rings is 1. The van der Waals surface area contributed by atoms with Gasteiger partial charge in [0, 0.05) is 24.7 Å². The lowest BCUT2D eigenvalue weighted by Crippen LogP contribution is -2.54. The summed E-state index contributed by atoms with van der Waals surface area (Å²) in [5.41, 5.74) is 1.86. The molecule has 0 radical (unpaired) electrons. The fourth-order valence-electron chi connectivity index (χ4n) is 4.79. The number of fused-ring (bicyclic) bond motifs is 2. The number of nitrogens with one attached hydrogen (secondary N) is 1. The van der Waals surface area contributed by atoms with Crippen LogP contribution in [0.5, 0.6) is 11.5 Å². The van der Waals surface area contributed by atoms with Crippen molar-refractivity contribution < 1.29 is 19.7 Å². The van der Waals surface area contributed by atoms with Crippen LogP contribution >= 0.6 is 0 Å². The highest BCUT2D eigenvalue weighted by molar-refractivity contribution is 5.98. The van der Waals surface area contributed by atoms with E-state index < -0.39 is 0 Å². The van der Waals surface area contributed by atoms with Gasteiger partial charge in [0.1, 0.15) is 0 Å². The summed E-state index contributed by atoms with van der Waals surface area (Å²) < 4.78 is 10.8. The Morgan fingerprint density at radius 1 is 1.00 bits per heavy atom. The predicted molar refractivity (Wildman–Crippen MR) is 112 cm³/mol. The zero-order chi connectivity index (χ0) is 19.5. The molecule has 6 nitrogen and oxygen atoms in total. The first kappa shape index (κ1) is 21.1. The maximum Gasteiger partial charge on any atom is 0.255 e. The fraction of sp³-hybridized carbons (Fsp3) is 0.435. The summed E-state index contributed by atoms with van der Waals surface area (Å²) in [4.78, 5) is 15.6. The van der Waals surface area contributed by atoms with Crippen LogP contribution in [0.1, 0.15) is 41.6 Å². The maximum absolute atomic E-state index is 13.0. The van der Waals surface area contributed by atoms with Crippen molar-refractivity contribution >= 4 is 5.91 Å². The number of amides is 1. The third-order valence-electron chi connectivity index (χ3n) is 6.14. The molecule has 3 unspecified atom stereocenters. The van der Waals surface area contributed by atoms with Crippen LogP contribution in [0.2, 0.25) is 0 Å². The van der Waals surface area contributed by atoms with Crippen molar-refractivity contribution in [3.63, 3.8) is 0 Å². The van der Waals surface area contributed by atoms with Crippen molar-refractivity contribution in [2.75, 3.05) is 14.2 Å². The van der Waals surface area contributed by atoms with Gasteiger partial charge in [-0.25, -0.2) is 0 Å². The molecule has 4 rings (SSSR count). The Morgan fingerprint density at radius 2 is 1.76 bits per heavy atom. The van der Waals surface area contributed by atoms with Crippen molar-refractivity contribution in [2.45, 2.75) is 50.4 Å². The number of para-hydroxylation sites is 1. The molecule has 0 aromatic heterocycles. The number of hydrogen-bond acceptors (Lipinski definition) is 4. The molecule has 6 heteroatoms. The van der Waals surface area contributed by atoms with Gasteiger partial charge in [0.25, 0.3) is 5.91 Å². The van der Waals surface area contributed by atoms with Crippen LogP contribution in [0, 0.1) is 0 Å². The lowest BCUT2D eigenvalue weighted by molar-refractivity contribution is 0.0774. The smallest absolute Gasteiger partial charge is 0.255 e. The van der Waals surface area contributed by atoms with E-state index in [2.05, 4.69) is 40.5 Å². The van der Waals surface area contributed by atoms with Gasteiger partial charge in [-0.15, -0.1) is 0 Å². The zero-order valence-electron chi connectivity index (χ0n) is 17.1. The minimum atomic E-state index is -0.0919. The fourth-order valence-corrected chi connectivity index (χ4v) is 4.79. The molecule has 3 N–H and O–H groups in total. The molecule has 2 aliphatic heterocycles. The second-order valence-corrected chi connectivity index (χ2v) is 7.65. The van der Waals surface area contributed by atoms with E-state index >= 15 is 0 Å². The topological polar surface area (TPSA) is 82.3 Å². The van der Waals surface area contributed by atoms with Crippen molar-refractivity contribution in [3.8, 4) is 11.5 Å². The van der Waals surface area contributed by atoms with Gasteiger partial charge in [-0.1, -0.05) is 36.4 Å². The summed E-state index contributed by atoms with van der Waals surface area (Å²) in [7, 11) is 3.15. The monoisotopic (exact) mass is 398 g/mol. The Bertz CT molecular complexity index is 827. The van der Waals surface area contributed by atoms with Crippen molar-refractivity contribution in [3.05, 3.63) is 59.7 Å². The van der Waals surface area contributed by atoms with Gasteiger partial charge >= 0.3 is 0 Å². The molecule has 2 bridgehead atoms. The van der Waals surface area contributed by atoms with Crippen molar-refractivity contribution in [1.82, 2.24) is 10.2 Å². The molecule has 2 aromatic rings. The Hall–Kier alpha value is -2.57. The first-order valence-electron chi connectivity index (χ1n) is 10.0. The van der Waals surface area contributed by atoms with Crippen LogP contribution < -0.4 is 14.8 Å². The summed E-state index contributed by atoms with van der Waals surface area (Å²) in [5, 5.41) is 3.29. The summed E-state index contributed by atoms with van der Waals surface area (Å²) in [6.45, 7) is 0.949. The van der Waals surface area contributed by atoms with E-state index in [9.17, 15) is 4.79 Å². The molecule has 2 aliphatic rings. The average molecular weight is 399 g/mol. The molecule has 3 atom stereocenters. The van der Waals surface area contributed by atoms with E-state index in [0.717, 1.165) is 25.8 Å². The second-order valence-electron chi connectivity index (χ2n) is 7.65. The largest absolute Gasteiger partial charge is 0.493 e. The molecule has 2 aromatic carbocycles. The first-order chi connectivity index (χ1) is 13.7. The average Bonchev–Trinajstić information content (AvgIpc) is 3.00. The predicted octanol–water partition coefficient (Wildman–Crippen LogP) is 2.80. The Balaban J connectivity index is 0.00000240. The van der Waals surface area contributed by atoms with E-state index in [1.807, 2.05) is 6.07 Å². The molecule has 2 saturated heterocycles. The number of nitrogens with zero attached hydrogens (tertiary/aromatic N) is 1. The summed E-state index contributed by atoms with van der Waals surface area (Å²) in [6, 6.07) is 17.2. The van der Waals surface area contributed by atoms with Gasteiger partial charge in [-0.3, -0.25) is 9.69 Å². The van der Waals surface area contributed by atoms with Gasteiger partial charge < -0.3 is 20.3 Å². The quantitative estimate of drug-likeness (QED) is 0.811. The van der Waals surface area contributed by atoms with Crippen LogP contribution in [-0.4, -0.2) is 48.6 Å². The standard InChI is InChI=1S/C23H28N2O3.H2O/c1-27-21-10-6-9-18(22(21)28-2)23(26)24-19-13-11-17-12-14-20(19)25(17)15-16-7-4-3-5-8-16;/h3-10,17,19-20H,11-15H2,1-2H3,(H,24,26);1H2. The summed E-state index contributed by atoms with van der Waals surface area (Å²) >= 11 is 0. The molecule has 156 valence electrons. The van der Waals surface area contributed by atoms with E-state index in [0.29, 0.717) is 29.1 Å². The number of carbonyl (C=O) groups excluding carboxylic acids is 1. The van der Waals surface area contributed by atoms with E-state index in [1.54, 1.807) is 26.4 Å². The number of benzene rings is 2. The van der Waals surface area contributed by atoms with Gasteiger partial charge in [-0.05, 0) is 43.4 Å². The molecule has 2 fully saturated rings. The highest BCUT2D eigenvalue weighted by Gasteiger charge is 2.42. The Labute approximate surface area is 172 Å². The van der Waals surface area contributed by atoms with Crippen molar-refractivity contribution in [1.29, 1.82) is 0 Å². The summed E-state index contributed by atoms with van der Waals surface area (Å²) in [6.07, 6.45) is 4.51. The van der Waals surface area contributed by atoms with Gasteiger partial charge in [0.05, 0.1) is 19.8 Å². The lowest BCUT2D eigenvalue weighted by Gasteiger charge is -2.40. The number of carbonyl (C=O) groups is 1. The molecule has 0 saturated carbocycles. The van der Waals surface area contributed by atoms with Crippen LogP contribution in [0.4, 0.5) is 0 Å². The maximum atomic E-state index is 13.0. The van der Waals surface area contributed by atoms with E-state index in [-0.39, 0.29) is 17.4 Å². The number of rotatable bonds is 6. The van der Waals surface area contributed by atoms with Gasteiger partial charge in [-0.2, -0.15) is 0 Å². The molecular formula is C23H30N2O4. The number of methoxy groups -OCH3 is 2. The third-order valence-corrected chi connectivity index (χ3v) is 6.14. The van der Waals surface area contributed by atoms with E-state index in [4.69, 9.17) is 9.47 Å². The van der Waals surface area contributed by atoms with Gasteiger partial charge in [0.15, 0.2) is 11.5 Å². The normalized spacial score (nSPS) is 23.2. The molecule has 29 heavy (non-hydrogen) atoms. The number of hydrogen-bond donors (Lipinski definition) is 1. The second kappa shape index (κ2) is 9.29. The molecule has 1 amide bonds. The Morgan fingerprint density at radius 3 is 2.48 bits per heavy atom. The highest BCUT2D eigenvalue weighted by Crippen LogP contribution is 2.37. The van der Waals surface area contributed by atoms with Crippen LogP contribution in [0.15, 0.2) is 48.5 Å². The van der Waals surface area contributed by atoms with Crippen molar-refractivity contribution in [2.24, 2.45) is 0 Å². The molecule has 0 aliphatic carbocycles. The first-order valence-corrected chi connectivity index (χ1v) is 10.0. The number of ether oxygens (including phenoxy) is 2. The molecular weight excluding hydrogens is 368 g/mol. The third kappa shape index (κ3) is 4.23. The van der Waals surface area contributed by atoms with E-state index in [1.165, 1.54) is 12.0 Å². The van der Waals surface area contributed by atoms with Crippen LogP contribution in [0.3, 0.4) is 0 Å². The van der Waals surface area contributed by atoms with Crippen LogP contribution in [0.25, 0.3) is 0 Å². The van der Waals surface area contributed by atoms with Gasteiger partial charge in [0.2, 0.25) is 0 Å². The Kier molecular flexibility index (Phi) is 6.77. The van der Waals surface area contributed by atoms with Crippen LogP contribution in [-0.2, 0) is 6.54 Å².